The molecule has 1 aliphatic heterocycles. The first-order valence-corrected chi connectivity index (χ1v) is 10.7. The molecule has 7 heteroatoms. The summed E-state index contributed by atoms with van der Waals surface area (Å²) < 4.78 is 24.0. The molecule has 4 rings (SSSR count). The maximum absolute atomic E-state index is 13.3. The first-order valence-electron chi connectivity index (χ1n) is 10.7. The largest absolute Gasteiger partial charge is 0.507 e. The molecule has 3 aromatic rings. The van der Waals surface area contributed by atoms with Crippen LogP contribution in [0.4, 0.5) is 4.39 Å². The van der Waals surface area contributed by atoms with Crippen molar-refractivity contribution in [2.45, 2.75) is 12.5 Å². The highest BCUT2D eigenvalue weighted by Gasteiger charge is 2.46. The number of aliphatic hydroxyl groups excluding tert-OH is 1. The van der Waals surface area contributed by atoms with Crippen LogP contribution in [0, 0.1) is 5.82 Å². The summed E-state index contributed by atoms with van der Waals surface area (Å²) in [4.78, 5) is 27.7. The number of carbonyl (C=O) groups is 2. The molecular formula is C27H24FNO5. The molecule has 1 amide bonds. The molecule has 0 bridgehead atoms. The Bertz CT molecular complexity index is 1230. The Labute approximate surface area is 196 Å². The van der Waals surface area contributed by atoms with Gasteiger partial charge in [-0.3, -0.25) is 9.59 Å². The van der Waals surface area contributed by atoms with E-state index in [0.29, 0.717) is 29.0 Å². The number of ketones is 1. The first kappa shape index (κ1) is 23.0. The number of para-hydroxylation sites is 1. The second-order valence-electron chi connectivity index (χ2n) is 7.84. The topological polar surface area (TPSA) is 76.1 Å². The predicted molar refractivity (Wildman–Crippen MR) is 125 cm³/mol. The molecule has 6 nitrogen and oxygen atoms in total. The van der Waals surface area contributed by atoms with Gasteiger partial charge in [0.05, 0.1) is 25.8 Å². The molecule has 1 atom stereocenters. The van der Waals surface area contributed by atoms with Gasteiger partial charge in [-0.2, -0.15) is 0 Å². The summed E-state index contributed by atoms with van der Waals surface area (Å²) in [6.45, 7) is 0.193. The van der Waals surface area contributed by atoms with Gasteiger partial charge < -0.3 is 19.5 Å². The molecule has 3 aromatic carbocycles. The highest BCUT2D eigenvalue weighted by molar-refractivity contribution is 6.46. The van der Waals surface area contributed by atoms with Crippen LogP contribution in [0.1, 0.15) is 22.7 Å². The fourth-order valence-corrected chi connectivity index (χ4v) is 4.13. The molecule has 0 aliphatic carbocycles. The van der Waals surface area contributed by atoms with Crippen LogP contribution in [0.25, 0.3) is 5.76 Å². The smallest absolute Gasteiger partial charge is 0.295 e. The van der Waals surface area contributed by atoms with Gasteiger partial charge in [0.15, 0.2) is 0 Å². The van der Waals surface area contributed by atoms with Gasteiger partial charge in [0.1, 0.15) is 23.1 Å². The van der Waals surface area contributed by atoms with E-state index in [2.05, 4.69) is 0 Å². The Hall–Kier alpha value is -4.13. The lowest BCUT2D eigenvalue weighted by Gasteiger charge is -2.26. The monoisotopic (exact) mass is 461 g/mol. The SMILES string of the molecule is COc1ccc(C(O)=C2C(=O)C(=O)N(CCc3ccc(F)cc3)C2c2ccccc2OC)cc1. The summed E-state index contributed by atoms with van der Waals surface area (Å²) in [5, 5.41) is 11.2. The van der Waals surface area contributed by atoms with E-state index in [9.17, 15) is 19.1 Å². The Balaban J connectivity index is 1.79. The van der Waals surface area contributed by atoms with Gasteiger partial charge in [-0.15, -0.1) is 0 Å². The Morgan fingerprint density at radius 1 is 0.941 bits per heavy atom. The van der Waals surface area contributed by atoms with Crippen LogP contribution >= 0.6 is 0 Å². The van der Waals surface area contributed by atoms with Gasteiger partial charge in [0, 0.05) is 17.7 Å². The van der Waals surface area contributed by atoms with E-state index in [-0.39, 0.29) is 23.7 Å². The van der Waals surface area contributed by atoms with Crippen molar-refractivity contribution in [1.82, 2.24) is 4.90 Å². The zero-order valence-electron chi connectivity index (χ0n) is 18.8. The van der Waals surface area contributed by atoms with Gasteiger partial charge in [0.2, 0.25) is 0 Å². The van der Waals surface area contributed by atoms with E-state index in [1.165, 1.54) is 31.3 Å². The minimum atomic E-state index is -0.848. The van der Waals surface area contributed by atoms with E-state index >= 15 is 0 Å². The molecule has 1 unspecified atom stereocenters. The number of benzene rings is 3. The van der Waals surface area contributed by atoms with Crippen LogP contribution in [-0.2, 0) is 16.0 Å². The fourth-order valence-electron chi connectivity index (χ4n) is 4.13. The van der Waals surface area contributed by atoms with Crippen LogP contribution in [0.15, 0.2) is 78.4 Å². The van der Waals surface area contributed by atoms with E-state index in [1.54, 1.807) is 60.7 Å². The number of rotatable bonds is 7. The molecule has 1 N–H and O–H groups in total. The third-order valence-corrected chi connectivity index (χ3v) is 5.89. The molecule has 1 aliphatic rings. The number of Topliss-reactive ketones (excluding diaryl/α,β-unsaturated/α-hetero) is 1. The van der Waals surface area contributed by atoms with Gasteiger partial charge in [-0.1, -0.05) is 30.3 Å². The van der Waals surface area contributed by atoms with Crippen LogP contribution in [0.5, 0.6) is 11.5 Å². The molecule has 1 fully saturated rings. The maximum Gasteiger partial charge on any atom is 0.295 e. The molecule has 0 spiro atoms. The summed E-state index contributed by atoms with van der Waals surface area (Å²) in [5.41, 5.74) is 1.77. The number of methoxy groups -OCH3 is 2. The van der Waals surface area contributed by atoms with Crippen LogP contribution in [0.3, 0.4) is 0 Å². The summed E-state index contributed by atoms with van der Waals surface area (Å²) in [6, 6.07) is 18.8. The second kappa shape index (κ2) is 9.79. The fraction of sp³-hybridized carbons (Fsp3) is 0.185. The molecule has 1 heterocycles. The molecule has 0 radical (unpaired) electrons. The number of hydrogen-bond acceptors (Lipinski definition) is 5. The number of likely N-dealkylation sites (tertiary alicyclic amines) is 1. The first-order chi connectivity index (χ1) is 16.4. The van der Waals surface area contributed by atoms with Gasteiger partial charge in [0.25, 0.3) is 11.7 Å². The molecule has 34 heavy (non-hydrogen) atoms. The van der Waals surface area contributed by atoms with Crippen molar-refractivity contribution < 1.29 is 28.6 Å². The standard InChI is InChI=1S/C27H24FNO5/c1-33-20-13-9-18(10-14-20)25(30)23-24(21-5-3-4-6-22(21)34-2)29(27(32)26(23)31)16-15-17-7-11-19(28)12-8-17/h3-14,24,30H,15-16H2,1-2H3. The summed E-state index contributed by atoms with van der Waals surface area (Å²) in [5.74, 6) is -1.03. The third-order valence-electron chi connectivity index (χ3n) is 5.89. The number of carbonyl (C=O) groups excluding carboxylic acids is 2. The Morgan fingerprint density at radius 3 is 2.26 bits per heavy atom. The van der Waals surface area contributed by atoms with E-state index in [1.807, 2.05) is 0 Å². The average Bonchev–Trinajstić information content (AvgIpc) is 3.12. The number of ether oxygens (including phenoxy) is 2. The number of aliphatic hydroxyl groups is 1. The number of amides is 1. The maximum atomic E-state index is 13.3. The van der Waals surface area contributed by atoms with Crippen molar-refractivity contribution in [1.29, 1.82) is 0 Å². The zero-order valence-corrected chi connectivity index (χ0v) is 18.8. The average molecular weight is 461 g/mol. The van der Waals surface area contributed by atoms with Crippen molar-refractivity contribution in [3.63, 3.8) is 0 Å². The second-order valence-corrected chi connectivity index (χ2v) is 7.84. The molecular weight excluding hydrogens is 437 g/mol. The lowest BCUT2D eigenvalue weighted by Crippen LogP contribution is -2.31. The number of nitrogens with zero attached hydrogens (tertiary/aromatic N) is 1. The molecule has 0 aromatic heterocycles. The summed E-state index contributed by atoms with van der Waals surface area (Å²) in [7, 11) is 3.04. The van der Waals surface area contributed by atoms with Gasteiger partial charge in [-0.05, 0) is 54.4 Å². The Morgan fingerprint density at radius 2 is 1.62 bits per heavy atom. The van der Waals surface area contributed by atoms with E-state index in [4.69, 9.17) is 9.47 Å². The number of halogens is 1. The van der Waals surface area contributed by atoms with Crippen molar-refractivity contribution in [2.24, 2.45) is 0 Å². The van der Waals surface area contributed by atoms with Gasteiger partial charge in [-0.25, -0.2) is 4.39 Å². The zero-order chi connectivity index (χ0) is 24.2. The van der Waals surface area contributed by atoms with Gasteiger partial charge >= 0.3 is 0 Å². The summed E-state index contributed by atoms with van der Waals surface area (Å²) >= 11 is 0. The van der Waals surface area contributed by atoms with E-state index in [0.717, 1.165) is 5.56 Å². The normalized spacial score (nSPS) is 17.1. The predicted octanol–water partition coefficient (Wildman–Crippen LogP) is 4.51. The minimum Gasteiger partial charge on any atom is -0.507 e. The molecule has 1 saturated heterocycles. The highest BCUT2D eigenvalue weighted by Crippen LogP contribution is 2.42. The minimum absolute atomic E-state index is 0.0150. The molecule has 0 saturated carbocycles. The quantitative estimate of drug-likeness (QED) is 0.318. The van der Waals surface area contributed by atoms with Crippen LogP contribution in [-0.4, -0.2) is 42.5 Å². The molecule has 174 valence electrons. The third kappa shape index (κ3) is 4.37. The van der Waals surface area contributed by atoms with E-state index < -0.39 is 17.7 Å². The Kier molecular flexibility index (Phi) is 6.63. The highest BCUT2D eigenvalue weighted by atomic mass is 19.1. The van der Waals surface area contributed by atoms with Crippen molar-refractivity contribution in [3.05, 3.63) is 101 Å². The lowest BCUT2D eigenvalue weighted by molar-refractivity contribution is -0.139. The number of hydrogen-bond donors (Lipinski definition) is 1. The summed E-state index contributed by atoms with van der Waals surface area (Å²) in [6.07, 6.45) is 0.404. The van der Waals surface area contributed by atoms with Crippen molar-refractivity contribution in [2.75, 3.05) is 20.8 Å². The van der Waals surface area contributed by atoms with Crippen molar-refractivity contribution >= 4 is 17.4 Å². The van der Waals surface area contributed by atoms with Crippen LogP contribution in [0.2, 0.25) is 0 Å². The van der Waals surface area contributed by atoms with Crippen LogP contribution < -0.4 is 9.47 Å². The van der Waals surface area contributed by atoms with Crippen molar-refractivity contribution in [3.8, 4) is 11.5 Å². The lowest BCUT2D eigenvalue weighted by atomic mass is 9.94.